The van der Waals surface area contributed by atoms with Crippen LogP contribution in [0.3, 0.4) is 0 Å². The van der Waals surface area contributed by atoms with E-state index in [0.717, 1.165) is 10.4 Å². The van der Waals surface area contributed by atoms with Gasteiger partial charge in [-0.25, -0.2) is 18.4 Å². The third kappa shape index (κ3) is 4.54. The normalized spacial score (nSPS) is 11.9. The number of sulfone groups is 1. The summed E-state index contributed by atoms with van der Waals surface area (Å²) in [5, 5.41) is 10.1. The van der Waals surface area contributed by atoms with Crippen molar-refractivity contribution < 1.29 is 15.7 Å². The largest absolute Gasteiger partial charge is 0.414 e. The molecule has 9 nitrogen and oxygen atoms in total. The first kappa shape index (κ1) is 22.1. The van der Waals surface area contributed by atoms with E-state index in [1.54, 1.807) is 24.3 Å². The monoisotopic (exact) mass is 474 g/mol. The number of aryl methyl sites for hydroxylation is 1. The van der Waals surface area contributed by atoms with E-state index in [2.05, 4.69) is 20.2 Å². The number of benzene rings is 1. The summed E-state index contributed by atoms with van der Waals surface area (Å²) in [6.07, 6.45) is 1.52. The number of anilines is 1. The van der Waals surface area contributed by atoms with Gasteiger partial charge >= 0.3 is 0 Å². The van der Waals surface area contributed by atoms with Crippen molar-refractivity contribution in [1.29, 1.82) is 0 Å². The van der Waals surface area contributed by atoms with E-state index in [1.807, 2.05) is 37.4 Å². The Bertz CT molecular complexity index is 1360. The minimum Gasteiger partial charge on any atom is -0.414 e. The number of rotatable bonds is 7. The van der Waals surface area contributed by atoms with Gasteiger partial charge in [0.05, 0.1) is 27.4 Å². The maximum absolute atomic E-state index is 12.5. The second kappa shape index (κ2) is 8.77. The molecule has 0 radical (unpaired) electrons. The van der Waals surface area contributed by atoms with Crippen LogP contribution in [0.2, 0.25) is 0 Å². The van der Waals surface area contributed by atoms with Gasteiger partial charge in [-0.1, -0.05) is 12.1 Å². The summed E-state index contributed by atoms with van der Waals surface area (Å²) in [6, 6.07) is 8.51. The Kier molecular flexibility index (Phi) is 6.04. The molecule has 0 aliphatic carbocycles. The molecule has 0 fully saturated rings. The van der Waals surface area contributed by atoms with Gasteiger partial charge in [-0.2, -0.15) is 0 Å². The van der Waals surface area contributed by atoms with Crippen molar-refractivity contribution in [3.05, 3.63) is 47.5 Å². The number of nitrogens with two attached hydrogens (primary N) is 1. The van der Waals surface area contributed by atoms with Crippen LogP contribution in [0.15, 0.2) is 51.2 Å². The molecule has 2 N–H and O–H groups in total. The molecule has 0 atom stereocenters. The summed E-state index contributed by atoms with van der Waals surface area (Å²) in [4.78, 5) is 11.7. The quantitative estimate of drug-likeness (QED) is 0.427. The van der Waals surface area contributed by atoms with Crippen molar-refractivity contribution in [3.8, 4) is 33.6 Å². The molecule has 0 saturated heterocycles. The fourth-order valence-electron chi connectivity index (χ4n) is 2.95. The van der Waals surface area contributed by atoms with Gasteiger partial charge in [-0.15, -0.1) is 21.5 Å². The summed E-state index contributed by atoms with van der Waals surface area (Å²) in [6.45, 7) is 2.42. The molecule has 4 rings (SSSR count). The van der Waals surface area contributed by atoms with E-state index in [0.29, 0.717) is 23.7 Å². The maximum Gasteiger partial charge on any atom is 0.270 e. The van der Waals surface area contributed by atoms with E-state index in [9.17, 15) is 8.42 Å². The maximum atomic E-state index is 12.5. The van der Waals surface area contributed by atoms with Crippen LogP contribution < -0.4 is 5.73 Å². The summed E-state index contributed by atoms with van der Waals surface area (Å²) in [5.74, 6) is 0.776. The second-order valence-corrected chi connectivity index (χ2v) is 10.5. The summed E-state index contributed by atoms with van der Waals surface area (Å²) in [5.41, 5.74) is 8.54. The number of hydrogen-bond acceptors (Lipinski definition) is 10. The first-order valence-electron chi connectivity index (χ1n) is 9.73. The molecule has 1 aromatic carbocycles. The molecule has 11 heteroatoms. The number of aromatic nitrogens is 4. The minimum absolute atomic E-state index is 0. The number of nitrogen functional groups attached to an aromatic ring is 1. The molecule has 32 heavy (non-hydrogen) atoms. The Morgan fingerprint density at radius 1 is 1.12 bits per heavy atom. The van der Waals surface area contributed by atoms with Crippen LogP contribution in [0.4, 0.5) is 5.82 Å². The van der Waals surface area contributed by atoms with E-state index in [1.165, 1.54) is 17.5 Å². The van der Waals surface area contributed by atoms with Gasteiger partial charge in [0, 0.05) is 15.0 Å². The zero-order valence-electron chi connectivity index (χ0n) is 17.8. The first-order chi connectivity index (χ1) is 15.2. The van der Waals surface area contributed by atoms with Crippen molar-refractivity contribution in [3.63, 3.8) is 0 Å². The van der Waals surface area contributed by atoms with Crippen molar-refractivity contribution in [2.75, 3.05) is 32.1 Å². The Hall–Kier alpha value is -3.15. The second-order valence-electron chi connectivity index (χ2n) is 7.48. The smallest absolute Gasteiger partial charge is 0.270 e. The number of nitrogens with zero attached hydrogens (tertiary/aromatic N) is 5. The Morgan fingerprint density at radius 2 is 1.84 bits per heavy atom. The topological polar surface area (TPSA) is 128 Å². The van der Waals surface area contributed by atoms with Crippen LogP contribution in [-0.4, -0.2) is 59.9 Å². The Labute approximate surface area is 192 Å². The van der Waals surface area contributed by atoms with Gasteiger partial charge < -0.3 is 15.1 Å². The average Bonchev–Trinajstić information content (AvgIpc) is 3.42. The lowest BCUT2D eigenvalue weighted by Gasteiger charge is -2.10. The van der Waals surface area contributed by atoms with Crippen LogP contribution in [0, 0.1) is 6.92 Å². The molecule has 4 aromatic rings. The average molecular weight is 475 g/mol. The van der Waals surface area contributed by atoms with Gasteiger partial charge in [0.25, 0.3) is 11.8 Å². The lowest BCUT2D eigenvalue weighted by molar-refractivity contribution is 0.432. The summed E-state index contributed by atoms with van der Waals surface area (Å²) < 4.78 is 30.8. The number of thiophene rings is 1. The van der Waals surface area contributed by atoms with Crippen LogP contribution in [0.1, 0.15) is 8.42 Å². The fourth-order valence-corrected chi connectivity index (χ4v) is 5.19. The van der Waals surface area contributed by atoms with Crippen molar-refractivity contribution in [2.45, 2.75) is 11.8 Å². The summed E-state index contributed by atoms with van der Waals surface area (Å²) >= 11 is 1.51. The highest BCUT2D eigenvalue weighted by Gasteiger charge is 2.19. The van der Waals surface area contributed by atoms with Crippen molar-refractivity contribution in [1.82, 2.24) is 25.1 Å². The van der Waals surface area contributed by atoms with Gasteiger partial charge in [0.1, 0.15) is 0 Å². The van der Waals surface area contributed by atoms with Crippen LogP contribution in [0.5, 0.6) is 0 Å². The fraction of sp³-hybridized carbons (Fsp3) is 0.238. The molecule has 0 unspecified atom stereocenters. The third-order valence-corrected chi connectivity index (χ3v) is 7.52. The molecule has 0 saturated carbocycles. The van der Waals surface area contributed by atoms with Gasteiger partial charge in [-0.3, -0.25) is 0 Å². The highest BCUT2D eigenvalue weighted by molar-refractivity contribution is 7.91. The van der Waals surface area contributed by atoms with E-state index in [-0.39, 0.29) is 30.9 Å². The van der Waals surface area contributed by atoms with Crippen molar-refractivity contribution in [2.24, 2.45) is 0 Å². The molecule has 3 heterocycles. The predicted molar refractivity (Wildman–Crippen MR) is 128 cm³/mol. The SMILES string of the molecule is Cc1ccsc1-c1nnc(-c2nc(-c3ccc(S(=O)(=O)CCN(C)C)cc3)cnc2N)o1.[HH].[HH]. The van der Waals surface area contributed by atoms with Crippen molar-refractivity contribution >= 4 is 27.0 Å². The molecule has 0 spiro atoms. The third-order valence-electron chi connectivity index (χ3n) is 4.80. The molecule has 3 aromatic heterocycles. The Morgan fingerprint density at radius 3 is 2.50 bits per heavy atom. The van der Waals surface area contributed by atoms with Crippen LogP contribution in [-0.2, 0) is 9.84 Å². The molecule has 0 amide bonds. The minimum atomic E-state index is -3.36. The first-order valence-corrected chi connectivity index (χ1v) is 12.3. The Balaban J connectivity index is 0.00000204. The molecular formula is C21H26N6O3S2. The van der Waals surface area contributed by atoms with Gasteiger partial charge in [-0.05, 0) is 50.2 Å². The van der Waals surface area contributed by atoms with E-state index < -0.39 is 9.84 Å². The zero-order valence-corrected chi connectivity index (χ0v) is 19.4. The molecule has 0 aliphatic heterocycles. The molecule has 0 bridgehead atoms. The number of hydrogen-bond donors (Lipinski definition) is 1. The van der Waals surface area contributed by atoms with Gasteiger partial charge in [0.15, 0.2) is 21.3 Å². The van der Waals surface area contributed by atoms with Crippen LogP contribution in [0.25, 0.3) is 33.6 Å². The van der Waals surface area contributed by atoms with E-state index in [4.69, 9.17) is 10.2 Å². The molecule has 170 valence electrons. The lowest BCUT2D eigenvalue weighted by atomic mass is 10.1. The predicted octanol–water partition coefficient (Wildman–Crippen LogP) is 3.64. The van der Waals surface area contributed by atoms with Crippen LogP contribution >= 0.6 is 11.3 Å². The molecular weight excluding hydrogens is 448 g/mol. The highest BCUT2D eigenvalue weighted by atomic mass is 32.2. The lowest BCUT2D eigenvalue weighted by Crippen LogP contribution is -2.21. The zero-order chi connectivity index (χ0) is 22.9. The molecule has 0 aliphatic rings. The highest BCUT2D eigenvalue weighted by Crippen LogP contribution is 2.31. The van der Waals surface area contributed by atoms with Gasteiger partial charge in [0.2, 0.25) is 0 Å². The summed E-state index contributed by atoms with van der Waals surface area (Å²) in [7, 11) is 0.310. The van der Waals surface area contributed by atoms with E-state index >= 15 is 0 Å². The standard InChI is InChI=1S/C21H22N6O3S2.2H2/c1-13-8-10-31-18(13)21-26-25-20(30-21)17-19(22)23-12-16(24-17)14-4-6-15(7-5-14)32(28,29)11-9-27(2)3;;/h4-8,10,12H,9,11H2,1-3H3,(H2,22,23);2*1H.